The fraction of sp³-hybridized carbons (Fsp3) is 0.562. The molecule has 0 bridgehead atoms. The summed E-state index contributed by atoms with van der Waals surface area (Å²) < 4.78 is 19.2. The highest BCUT2D eigenvalue weighted by Crippen LogP contribution is 2.22. The summed E-state index contributed by atoms with van der Waals surface area (Å²) in [7, 11) is 0. The lowest BCUT2D eigenvalue weighted by Gasteiger charge is -2.25. The highest BCUT2D eigenvalue weighted by Gasteiger charge is 2.21. The van der Waals surface area contributed by atoms with Crippen molar-refractivity contribution in [1.29, 1.82) is 0 Å². The van der Waals surface area contributed by atoms with Gasteiger partial charge in [0.25, 0.3) is 5.91 Å². The van der Waals surface area contributed by atoms with Gasteiger partial charge in [-0.1, -0.05) is 25.3 Å². The maximum absolute atomic E-state index is 13.6. The molecule has 0 heterocycles. The molecule has 1 amide bonds. The first-order valence-electron chi connectivity index (χ1n) is 7.56. The Balaban J connectivity index is 1.95. The predicted octanol–water partition coefficient (Wildman–Crippen LogP) is 2.50. The SMILES string of the molecule is CC(Oc1cccc(F)c1CN)C(=O)NC1CCCCC1. The number of rotatable bonds is 5. The van der Waals surface area contributed by atoms with E-state index in [1.54, 1.807) is 19.1 Å². The van der Waals surface area contributed by atoms with Crippen LogP contribution in [-0.2, 0) is 11.3 Å². The average Bonchev–Trinajstić information content (AvgIpc) is 2.48. The molecule has 1 atom stereocenters. The molecule has 1 aliphatic rings. The van der Waals surface area contributed by atoms with Crippen LogP contribution in [0.2, 0.25) is 0 Å². The zero-order valence-corrected chi connectivity index (χ0v) is 12.4. The Morgan fingerprint density at radius 2 is 2.14 bits per heavy atom. The van der Waals surface area contributed by atoms with Gasteiger partial charge in [0.1, 0.15) is 11.6 Å². The smallest absolute Gasteiger partial charge is 0.260 e. The van der Waals surface area contributed by atoms with Crippen molar-refractivity contribution in [1.82, 2.24) is 5.32 Å². The van der Waals surface area contributed by atoms with E-state index in [-0.39, 0.29) is 18.5 Å². The first-order valence-corrected chi connectivity index (χ1v) is 7.56. The van der Waals surface area contributed by atoms with Crippen LogP contribution in [-0.4, -0.2) is 18.1 Å². The first kappa shape index (κ1) is 15.8. The van der Waals surface area contributed by atoms with Gasteiger partial charge in [-0.3, -0.25) is 4.79 Å². The quantitative estimate of drug-likeness (QED) is 0.877. The number of carbonyl (C=O) groups is 1. The van der Waals surface area contributed by atoms with Crippen molar-refractivity contribution in [2.75, 3.05) is 0 Å². The molecule has 3 N–H and O–H groups in total. The largest absolute Gasteiger partial charge is 0.480 e. The van der Waals surface area contributed by atoms with Gasteiger partial charge in [0, 0.05) is 18.2 Å². The number of nitrogens with two attached hydrogens (primary N) is 1. The molecule has 1 saturated carbocycles. The normalized spacial score (nSPS) is 17.3. The number of amides is 1. The predicted molar refractivity (Wildman–Crippen MR) is 79.4 cm³/mol. The van der Waals surface area contributed by atoms with Crippen LogP contribution in [0.3, 0.4) is 0 Å². The summed E-state index contributed by atoms with van der Waals surface area (Å²) in [5.74, 6) is -0.229. The maximum atomic E-state index is 13.6. The van der Waals surface area contributed by atoms with Crippen LogP contribution in [0.15, 0.2) is 18.2 Å². The van der Waals surface area contributed by atoms with Crippen LogP contribution >= 0.6 is 0 Å². The number of hydrogen-bond acceptors (Lipinski definition) is 3. The van der Waals surface area contributed by atoms with E-state index in [2.05, 4.69) is 5.32 Å². The Bertz CT molecular complexity index is 487. The molecule has 0 radical (unpaired) electrons. The van der Waals surface area contributed by atoms with E-state index in [1.807, 2.05) is 0 Å². The highest BCUT2D eigenvalue weighted by atomic mass is 19.1. The van der Waals surface area contributed by atoms with E-state index in [0.717, 1.165) is 25.7 Å². The lowest BCUT2D eigenvalue weighted by Crippen LogP contribution is -2.43. The molecule has 5 heteroatoms. The number of benzene rings is 1. The van der Waals surface area contributed by atoms with E-state index in [4.69, 9.17) is 10.5 Å². The van der Waals surface area contributed by atoms with Gasteiger partial charge >= 0.3 is 0 Å². The maximum Gasteiger partial charge on any atom is 0.260 e. The zero-order valence-electron chi connectivity index (χ0n) is 12.4. The second kappa shape index (κ2) is 7.41. The second-order valence-corrected chi connectivity index (χ2v) is 5.52. The molecule has 0 spiro atoms. The third kappa shape index (κ3) is 4.17. The topological polar surface area (TPSA) is 64.3 Å². The van der Waals surface area contributed by atoms with Gasteiger partial charge in [0.2, 0.25) is 0 Å². The molecular weight excluding hydrogens is 271 g/mol. The summed E-state index contributed by atoms with van der Waals surface area (Å²) in [5.41, 5.74) is 5.83. The zero-order chi connectivity index (χ0) is 15.2. The molecule has 1 aromatic carbocycles. The monoisotopic (exact) mass is 294 g/mol. The van der Waals surface area contributed by atoms with Gasteiger partial charge in [-0.2, -0.15) is 0 Å². The van der Waals surface area contributed by atoms with Crippen LogP contribution in [0.25, 0.3) is 0 Å². The minimum absolute atomic E-state index is 0.0406. The number of halogens is 1. The molecular formula is C16H23FN2O2. The third-order valence-electron chi connectivity index (χ3n) is 3.90. The summed E-state index contributed by atoms with van der Waals surface area (Å²) in [6.07, 6.45) is 4.92. The van der Waals surface area contributed by atoms with E-state index < -0.39 is 11.9 Å². The molecule has 1 aliphatic carbocycles. The van der Waals surface area contributed by atoms with Crippen molar-refractivity contribution in [2.24, 2.45) is 5.73 Å². The Morgan fingerprint density at radius 3 is 2.81 bits per heavy atom. The van der Waals surface area contributed by atoms with Crippen molar-refractivity contribution < 1.29 is 13.9 Å². The van der Waals surface area contributed by atoms with Gasteiger partial charge in [0.05, 0.1) is 0 Å². The number of hydrogen-bond donors (Lipinski definition) is 2. The fourth-order valence-electron chi connectivity index (χ4n) is 2.66. The summed E-state index contributed by atoms with van der Waals surface area (Å²) in [6.45, 7) is 1.71. The number of carbonyl (C=O) groups excluding carboxylic acids is 1. The van der Waals surface area contributed by atoms with Crippen LogP contribution in [0, 0.1) is 5.82 Å². The molecule has 0 aromatic heterocycles. The van der Waals surface area contributed by atoms with Crippen molar-refractivity contribution in [2.45, 2.75) is 57.7 Å². The summed E-state index contributed by atoms with van der Waals surface area (Å²) in [4.78, 5) is 12.1. The van der Waals surface area contributed by atoms with E-state index in [9.17, 15) is 9.18 Å². The third-order valence-corrected chi connectivity index (χ3v) is 3.90. The molecule has 0 saturated heterocycles. The standard InChI is InChI=1S/C16H23FN2O2/c1-11(16(20)19-12-6-3-2-4-7-12)21-15-9-5-8-14(17)13(15)10-18/h5,8-9,11-12H,2-4,6-7,10,18H2,1H3,(H,19,20). The van der Waals surface area contributed by atoms with E-state index in [0.29, 0.717) is 11.3 Å². The van der Waals surface area contributed by atoms with E-state index in [1.165, 1.54) is 12.5 Å². The Labute approximate surface area is 124 Å². The van der Waals surface area contributed by atoms with Gasteiger partial charge < -0.3 is 15.8 Å². The van der Waals surface area contributed by atoms with Crippen molar-refractivity contribution in [3.8, 4) is 5.75 Å². The highest BCUT2D eigenvalue weighted by molar-refractivity contribution is 5.81. The summed E-state index contributed by atoms with van der Waals surface area (Å²) in [6, 6.07) is 4.76. The molecule has 1 aromatic rings. The molecule has 0 aliphatic heterocycles. The Kier molecular flexibility index (Phi) is 5.56. The fourth-order valence-corrected chi connectivity index (χ4v) is 2.66. The minimum Gasteiger partial charge on any atom is -0.480 e. The Hall–Kier alpha value is -1.62. The molecule has 4 nitrogen and oxygen atoms in total. The number of nitrogens with one attached hydrogen (secondary N) is 1. The minimum atomic E-state index is -0.668. The number of ether oxygens (including phenoxy) is 1. The summed E-state index contributed by atoms with van der Waals surface area (Å²) >= 11 is 0. The van der Waals surface area contributed by atoms with Gasteiger partial charge in [-0.25, -0.2) is 4.39 Å². The van der Waals surface area contributed by atoms with Gasteiger partial charge in [0.15, 0.2) is 6.10 Å². The van der Waals surface area contributed by atoms with Crippen LogP contribution in [0.5, 0.6) is 5.75 Å². The summed E-state index contributed by atoms with van der Waals surface area (Å²) in [5, 5.41) is 3.00. The average molecular weight is 294 g/mol. The van der Waals surface area contributed by atoms with E-state index >= 15 is 0 Å². The lowest BCUT2D eigenvalue weighted by molar-refractivity contribution is -0.128. The molecule has 1 unspecified atom stereocenters. The van der Waals surface area contributed by atoms with Crippen LogP contribution in [0.1, 0.15) is 44.6 Å². The second-order valence-electron chi connectivity index (χ2n) is 5.52. The van der Waals surface area contributed by atoms with Crippen LogP contribution < -0.4 is 15.8 Å². The Morgan fingerprint density at radius 1 is 1.43 bits per heavy atom. The van der Waals surface area contributed by atoms with Crippen molar-refractivity contribution in [3.05, 3.63) is 29.6 Å². The van der Waals surface area contributed by atoms with Crippen LogP contribution in [0.4, 0.5) is 4.39 Å². The molecule has 2 rings (SSSR count). The molecule has 1 fully saturated rings. The van der Waals surface area contributed by atoms with Gasteiger partial charge in [-0.15, -0.1) is 0 Å². The first-order chi connectivity index (χ1) is 10.1. The van der Waals surface area contributed by atoms with Gasteiger partial charge in [-0.05, 0) is 31.9 Å². The van der Waals surface area contributed by atoms with Crippen molar-refractivity contribution in [3.63, 3.8) is 0 Å². The molecule has 116 valence electrons. The lowest BCUT2D eigenvalue weighted by atomic mass is 9.95. The molecule has 21 heavy (non-hydrogen) atoms. The van der Waals surface area contributed by atoms with Crippen molar-refractivity contribution >= 4 is 5.91 Å².